The van der Waals surface area contributed by atoms with E-state index in [-0.39, 0.29) is 6.03 Å². The van der Waals surface area contributed by atoms with Crippen molar-refractivity contribution in [1.29, 1.82) is 0 Å². The van der Waals surface area contributed by atoms with E-state index in [0.717, 1.165) is 27.9 Å². The van der Waals surface area contributed by atoms with Gasteiger partial charge in [0.05, 0.1) is 6.54 Å². The molecule has 4 nitrogen and oxygen atoms in total. The van der Waals surface area contributed by atoms with Gasteiger partial charge in [-0.1, -0.05) is 47.1 Å². The zero-order valence-corrected chi connectivity index (χ0v) is 14.9. The molecule has 0 unspecified atom stereocenters. The van der Waals surface area contributed by atoms with Gasteiger partial charge in [0.25, 0.3) is 0 Å². The molecule has 0 aromatic heterocycles. The second kappa shape index (κ2) is 8.58. The van der Waals surface area contributed by atoms with Gasteiger partial charge >= 0.3 is 6.03 Å². The fraction of sp³-hybridized carbons (Fsp3) is 0.278. The van der Waals surface area contributed by atoms with Crippen molar-refractivity contribution < 1.29 is 9.53 Å². The van der Waals surface area contributed by atoms with Crippen molar-refractivity contribution in [3.63, 3.8) is 0 Å². The highest BCUT2D eigenvalue weighted by atomic mass is 79.9. The lowest BCUT2D eigenvalue weighted by molar-refractivity contribution is 0.247. The van der Waals surface area contributed by atoms with Crippen LogP contribution in [0.1, 0.15) is 18.1 Å². The Morgan fingerprint density at radius 1 is 1.22 bits per heavy atom. The van der Waals surface area contributed by atoms with Crippen molar-refractivity contribution in [2.24, 2.45) is 0 Å². The summed E-state index contributed by atoms with van der Waals surface area (Å²) in [5, 5.41) is 5.58. The molecule has 0 saturated heterocycles. The first kappa shape index (κ1) is 17.3. The van der Waals surface area contributed by atoms with Crippen LogP contribution in [0.3, 0.4) is 0 Å². The zero-order valence-electron chi connectivity index (χ0n) is 13.4. The monoisotopic (exact) mass is 376 g/mol. The maximum atomic E-state index is 11.9. The first-order valence-corrected chi connectivity index (χ1v) is 8.41. The number of hydrogen-bond acceptors (Lipinski definition) is 2. The number of amides is 2. The van der Waals surface area contributed by atoms with Gasteiger partial charge in [0.15, 0.2) is 0 Å². The van der Waals surface area contributed by atoms with Crippen LogP contribution in [-0.2, 0) is 6.42 Å². The molecule has 0 bridgehead atoms. The molecule has 5 heteroatoms. The van der Waals surface area contributed by atoms with Crippen LogP contribution in [-0.4, -0.2) is 19.2 Å². The molecule has 0 aliphatic rings. The summed E-state index contributed by atoms with van der Waals surface area (Å²) in [5.74, 6) is 0.875. The van der Waals surface area contributed by atoms with Crippen LogP contribution < -0.4 is 15.4 Å². The second-order valence-corrected chi connectivity index (χ2v) is 6.01. The maximum Gasteiger partial charge on any atom is 0.319 e. The van der Waals surface area contributed by atoms with E-state index < -0.39 is 0 Å². The molecule has 2 rings (SSSR count). The van der Waals surface area contributed by atoms with Gasteiger partial charge in [-0.3, -0.25) is 0 Å². The van der Waals surface area contributed by atoms with Gasteiger partial charge in [-0.05, 0) is 42.7 Å². The third-order valence-electron chi connectivity index (χ3n) is 3.43. The molecule has 0 atom stereocenters. The second-order valence-electron chi connectivity index (χ2n) is 5.15. The Balaban J connectivity index is 1.75. The maximum absolute atomic E-state index is 11.9. The minimum Gasteiger partial charge on any atom is -0.491 e. The van der Waals surface area contributed by atoms with E-state index >= 15 is 0 Å². The molecular weight excluding hydrogens is 356 g/mol. The normalized spacial score (nSPS) is 10.2. The molecular formula is C18H21BrN2O2. The van der Waals surface area contributed by atoms with Crippen molar-refractivity contribution in [3.05, 3.63) is 58.1 Å². The van der Waals surface area contributed by atoms with Crippen molar-refractivity contribution in [1.82, 2.24) is 5.32 Å². The summed E-state index contributed by atoms with van der Waals surface area (Å²) < 4.78 is 6.68. The largest absolute Gasteiger partial charge is 0.491 e. The van der Waals surface area contributed by atoms with Crippen LogP contribution >= 0.6 is 15.9 Å². The number of carbonyl (C=O) groups excluding carboxylic acids is 1. The van der Waals surface area contributed by atoms with E-state index in [9.17, 15) is 4.79 Å². The molecule has 122 valence electrons. The summed E-state index contributed by atoms with van der Waals surface area (Å²) in [6.45, 7) is 4.96. The SMILES string of the molecule is CCc1ccccc1OCCNC(=O)Nc1ccc(C)c(Br)c1. The van der Waals surface area contributed by atoms with Crippen molar-refractivity contribution in [2.45, 2.75) is 20.3 Å². The zero-order chi connectivity index (χ0) is 16.7. The molecule has 0 heterocycles. The topological polar surface area (TPSA) is 50.4 Å². The van der Waals surface area contributed by atoms with Gasteiger partial charge in [0.1, 0.15) is 12.4 Å². The molecule has 0 radical (unpaired) electrons. The van der Waals surface area contributed by atoms with Crippen LogP contribution in [0.25, 0.3) is 0 Å². The lowest BCUT2D eigenvalue weighted by atomic mass is 10.1. The van der Waals surface area contributed by atoms with Gasteiger partial charge in [-0.15, -0.1) is 0 Å². The summed E-state index contributed by atoms with van der Waals surface area (Å²) in [6.07, 6.45) is 0.923. The lowest BCUT2D eigenvalue weighted by Crippen LogP contribution is -2.32. The van der Waals surface area contributed by atoms with Crippen molar-refractivity contribution >= 4 is 27.6 Å². The average molecular weight is 377 g/mol. The Morgan fingerprint density at radius 2 is 2.00 bits per heavy atom. The highest BCUT2D eigenvalue weighted by Gasteiger charge is 2.04. The van der Waals surface area contributed by atoms with E-state index in [2.05, 4.69) is 33.5 Å². The molecule has 0 fully saturated rings. The van der Waals surface area contributed by atoms with Gasteiger partial charge in [-0.2, -0.15) is 0 Å². The Kier molecular flexibility index (Phi) is 6.47. The number of aryl methyl sites for hydroxylation is 2. The summed E-state index contributed by atoms with van der Waals surface area (Å²) >= 11 is 3.45. The number of nitrogens with one attached hydrogen (secondary N) is 2. The van der Waals surface area contributed by atoms with Gasteiger partial charge in [0, 0.05) is 10.2 Å². The Bertz CT molecular complexity index is 674. The number of halogens is 1. The smallest absolute Gasteiger partial charge is 0.319 e. The number of ether oxygens (including phenoxy) is 1. The summed E-state index contributed by atoms with van der Waals surface area (Å²) in [4.78, 5) is 11.9. The number of rotatable bonds is 6. The lowest BCUT2D eigenvalue weighted by Gasteiger charge is -2.11. The van der Waals surface area contributed by atoms with Crippen molar-refractivity contribution in [3.8, 4) is 5.75 Å². The van der Waals surface area contributed by atoms with Crippen LogP contribution in [0.4, 0.5) is 10.5 Å². The van der Waals surface area contributed by atoms with Crippen LogP contribution in [0.15, 0.2) is 46.9 Å². The Morgan fingerprint density at radius 3 is 2.74 bits per heavy atom. The van der Waals surface area contributed by atoms with Crippen LogP contribution in [0, 0.1) is 6.92 Å². The molecule has 0 aliphatic carbocycles. The molecule has 2 aromatic rings. The quantitative estimate of drug-likeness (QED) is 0.728. The van der Waals surface area contributed by atoms with Gasteiger partial charge in [-0.25, -0.2) is 4.79 Å². The van der Waals surface area contributed by atoms with Crippen LogP contribution in [0.2, 0.25) is 0 Å². The number of para-hydroxylation sites is 1. The number of benzene rings is 2. The fourth-order valence-corrected chi connectivity index (χ4v) is 2.49. The average Bonchev–Trinajstić information content (AvgIpc) is 2.55. The van der Waals surface area contributed by atoms with E-state index in [1.54, 1.807) is 0 Å². The molecule has 0 saturated carbocycles. The van der Waals surface area contributed by atoms with E-state index in [1.165, 1.54) is 5.56 Å². The molecule has 2 N–H and O–H groups in total. The Labute approximate surface area is 145 Å². The van der Waals surface area contributed by atoms with Crippen molar-refractivity contribution in [2.75, 3.05) is 18.5 Å². The minimum atomic E-state index is -0.242. The van der Waals surface area contributed by atoms with Crippen LogP contribution in [0.5, 0.6) is 5.75 Å². The summed E-state index contributed by atoms with van der Waals surface area (Å²) in [6, 6.07) is 13.4. The summed E-state index contributed by atoms with van der Waals surface area (Å²) in [7, 11) is 0. The number of hydrogen-bond donors (Lipinski definition) is 2. The standard InChI is InChI=1S/C18H21BrN2O2/c1-3-14-6-4-5-7-17(14)23-11-10-20-18(22)21-15-9-8-13(2)16(19)12-15/h4-9,12H,3,10-11H2,1-2H3,(H2,20,21,22). The molecule has 0 spiro atoms. The number of carbonyl (C=O) groups is 1. The molecule has 2 amide bonds. The third kappa shape index (κ3) is 5.28. The highest BCUT2D eigenvalue weighted by molar-refractivity contribution is 9.10. The Hall–Kier alpha value is -2.01. The van der Waals surface area contributed by atoms with Gasteiger partial charge in [0.2, 0.25) is 0 Å². The molecule has 23 heavy (non-hydrogen) atoms. The van der Waals surface area contributed by atoms with E-state index in [4.69, 9.17) is 4.74 Å². The number of anilines is 1. The fourth-order valence-electron chi connectivity index (χ4n) is 2.11. The van der Waals surface area contributed by atoms with E-state index in [0.29, 0.717) is 13.2 Å². The first-order valence-electron chi connectivity index (χ1n) is 7.62. The summed E-state index contributed by atoms with van der Waals surface area (Å²) in [5.41, 5.74) is 3.04. The highest BCUT2D eigenvalue weighted by Crippen LogP contribution is 2.20. The van der Waals surface area contributed by atoms with Gasteiger partial charge < -0.3 is 15.4 Å². The third-order valence-corrected chi connectivity index (χ3v) is 4.28. The minimum absolute atomic E-state index is 0.242. The predicted octanol–water partition coefficient (Wildman–Crippen LogP) is 4.52. The first-order chi connectivity index (χ1) is 11.1. The van der Waals surface area contributed by atoms with E-state index in [1.807, 2.05) is 49.4 Å². The predicted molar refractivity (Wildman–Crippen MR) is 97.2 cm³/mol. The molecule has 0 aliphatic heterocycles. The number of urea groups is 1. The molecule has 2 aromatic carbocycles.